The van der Waals surface area contributed by atoms with Crippen molar-refractivity contribution in [2.45, 2.75) is 12.5 Å². The number of rotatable bonds is 3. The lowest BCUT2D eigenvalue weighted by atomic mass is 9.93. The van der Waals surface area contributed by atoms with Gasteiger partial charge in [-0.25, -0.2) is 23.9 Å². The molecule has 7 heteroatoms. The largest absolute Gasteiger partial charge is 0.391 e. The average Bonchev–Trinajstić information content (AvgIpc) is 3.02. The molecule has 1 aromatic heterocycles. The van der Waals surface area contributed by atoms with Crippen molar-refractivity contribution in [2.24, 2.45) is 4.99 Å². The van der Waals surface area contributed by atoms with Crippen molar-refractivity contribution in [3.8, 4) is 0 Å². The van der Waals surface area contributed by atoms with E-state index in [2.05, 4.69) is 15.0 Å². The van der Waals surface area contributed by atoms with Gasteiger partial charge in [0, 0.05) is 36.3 Å². The second kappa shape index (κ2) is 5.54. The van der Waals surface area contributed by atoms with Gasteiger partial charge in [-0.3, -0.25) is 0 Å². The zero-order valence-electron chi connectivity index (χ0n) is 14.2. The van der Waals surface area contributed by atoms with E-state index in [9.17, 15) is 9.50 Å². The maximum Gasteiger partial charge on any atom is 0.182 e. The zero-order chi connectivity index (χ0) is 17.8. The van der Waals surface area contributed by atoms with E-state index in [4.69, 9.17) is 0 Å². The van der Waals surface area contributed by atoms with Gasteiger partial charge in [0.15, 0.2) is 12.4 Å². The second-order valence-electron chi connectivity index (χ2n) is 6.84. The highest BCUT2D eigenvalue weighted by Crippen LogP contribution is 2.37. The molecule has 0 radical (unpaired) electrons. The third kappa shape index (κ3) is 2.35. The minimum Gasteiger partial charge on any atom is -0.391 e. The molecule has 1 atom stereocenters. The molecular formula is C19H17FN5O+. The summed E-state index contributed by atoms with van der Waals surface area (Å²) >= 11 is 0. The molecule has 2 aromatic rings. The zero-order valence-corrected chi connectivity index (χ0v) is 14.2. The number of fused-ring (bicyclic) bond motifs is 1. The van der Waals surface area contributed by atoms with Crippen LogP contribution >= 0.6 is 0 Å². The number of allylic oxidation sites excluding steroid dienone is 1. The van der Waals surface area contributed by atoms with Gasteiger partial charge in [0.2, 0.25) is 0 Å². The van der Waals surface area contributed by atoms with Crippen LogP contribution in [-0.4, -0.2) is 57.8 Å². The number of benzene rings is 1. The van der Waals surface area contributed by atoms with Crippen LogP contribution in [0.15, 0.2) is 35.7 Å². The quantitative estimate of drug-likeness (QED) is 0.731. The van der Waals surface area contributed by atoms with Crippen LogP contribution < -0.4 is 4.90 Å². The van der Waals surface area contributed by atoms with E-state index in [0.717, 1.165) is 35.6 Å². The van der Waals surface area contributed by atoms with E-state index in [0.29, 0.717) is 23.5 Å². The van der Waals surface area contributed by atoms with E-state index in [-0.39, 0.29) is 11.9 Å². The van der Waals surface area contributed by atoms with Crippen molar-refractivity contribution >= 4 is 29.0 Å². The molecule has 0 saturated carbocycles. The Hall–Kier alpha value is -2.93. The summed E-state index contributed by atoms with van der Waals surface area (Å²) in [6.07, 6.45) is 5.72. The van der Waals surface area contributed by atoms with Crippen LogP contribution in [0.4, 0.5) is 15.9 Å². The first-order chi connectivity index (χ1) is 12.6. The van der Waals surface area contributed by atoms with Crippen molar-refractivity contribution < 1.29 is 14.1 Å². The predicted octanol–water partition coefficient (Wildman–Crippen LogP) is 1.74. The van der Waals surface area contributed by atoms with Crippen LogP contribution in [0.1, 0.15) is 23.2 Å². The summed E-state index contributed by atoms with van der Waals surface area (Å²) in [5.41, 5.74) is 4.45. The van der Waals surface area contributed by atoms with Crippen LogP contribution in [0.3, 0.4) is 0 Å². The van der Waals surface area contributed by atoms with Crippen LogP contribution in [0.2, 0.25) is 0 Å². The monoisotopic (exact) mass is 350 g/mol. The van der Waals surface area contributed by atoms with Gasteiger partial charge in [-0.2, -0.15) is 0 Å². The van der Waals surface area contributed by atoms with Crippen LogP contribution in [0.25, 0.3) is 5.57 Å². The minimum atomic E-state index is -0.314. The highest BCUT2D eigenvalue weighted by molar-refractivity contribution is 6.22. The van der Waals surface area contributed by atoms with Gasteiger partial charge < -0.3 is 10.0 Å². The molecule has 0 amide bonds. The van der Waals surface area contributed by atoms with Crippen molar-refractivity contribution in [3.05, 3.63) is 53.4 Å². The third-order valence-corrected chi connectivity index (χ3v) is 4.95. The lowest BCUT2D eigenvalue weighted by Crippen LogP contribution is -2.23. The minimum absolute atomic E-state index is 0.267. The first kappa shape index (κ1) is 15.3. The Morgan fingerprint density at radius 2 is 2.08 bits per heavy atom. The number of aromatic nitrogens is 2. The van der Waals surface area contributed by atoms with E-state index in [1.807, 2.05) is 41.1 Å². The lowest BCUT2D eigenvalue weighted by molar-refractivity contribution is -0.423. The molecule has 3 aliphatic heterocycles. The Morgan fingerprint density at radius 1 is 1.23 bits per heavy atom. The smallest absolute Gasteiger partial charge is 0.182 e. The standard InChI is InChI=1S/C19H17FN5O/c1-24-7-11(8-24)13-4-14-16(5-15(13)20)23-19(14)17-6-18(22-10-21-17)25-3-2-12(26)9-25/h4-8,10,12,26H,2-3,9H2,1H3/q+1. The summed E-state index contributed by atoms with van der Waals surface area (Å²) in [6, 6.07) is 5.19. The highest BCUT2D eigenvalue weighted by Gasteiger charge is 2.28. The van der Waals surface area contributed by atoms with Crippen molar-refractivity contribution in [1.82, 2.24) is 9.97 Å². The maximum absolute atomic E-state index is 14.3. The number of anilines is 1. The second-order valence-corrected chi connectivity index (χ2v) is 6.84. The summed E-state index contributed by atoms with van der Waals surface area (Å²) in [7, 11) is 1.91. The molecule has 0 aliphatic carbocycles. The summed E-state index contributed by atoms with van der Waals surface area (Å²) in [5.74, 6) is 0.512. The third-order valence-electron chi connectivity index (χ3n) is 4.95. The van der Waals surface area contributed by atoms with Gasteiger partial charge in [-0.05, 0) is 12.5 Å². The van der Waals surface area contributed by atoms with Gasteiger partial charge in [0.1, 0.15) is 30.6 Å². The summed E-state index contributed by atoms with van der Waals surface area (Å²) in [6.45, 7) is 1.35. The molecule has 1 unspecified atom stereocenters. The molecular weight excluding hydrogens is 333 g/mol. The summed E-state index contributed by atoms with van der Waals surface area (Å²) < 4.78 is 16.2. The van der Waals surface area contributed by atoms with Gasteiger partial charge in [0.05, 0.1) is 23.2 Å². The van der Waals surface area contributed by atoms with E-state index < -0.39 is 0 Å². The summed E-state index contributed by atoms with van der Waals surface area (Å²) in [5, 5.41) is 9.73. The Balaban J connectivity index is 1.47. The molecule has 5 rings (SSSR count). The number of hydrogen-bond acceptors (Lipinski definition) is 5. The Bertz CT molecular complexity index is 1030. The molecule has 3 aliphatic rings. The fraction of sp³-hybridized carbons (Fsp3) is 0.263. The summed E-state index contributed by atoms with van der Waals surface area (Å²) in [4.78, 5) is 15.1. The molecule has 1 N–H and O–H groups in total. The normalized spacial score (nSPS) is 20.7. The lowest BCUT2D eigenvalue weighted by Gasteiger charge is -2.22. The number of hydrogen-bond donors (Lipinski definition) is 1. The Kier molecular flexibility index (Phi) is 3.27. The number of halogens is 1. The van der Waals surface area contributed by atoms with Crippen molar-refractivity contribution in [3.63, 3.8) is 0 Å². The molecule has 26 heavy (non-hydrogen) atoms. The molecule has 6 nitrogen and oxygen atoms in total. The maximum atomic E-state index is 14.3. The predicted molar refractivity (Wildman–Crippen MR) is 96.8 cm³/mol. The SMILES string of the molecule is C[N+]1=CC(c2cc3c(cc2F)N=C3c2cc(N3CCC(O)C3)ncn2)=C1. The van der Waals surface area contributed by atoms with E-state index in [1.54, 1.807) is 0 Å². The number of aliphatic imine (C=N–C) groups is 1. The first-order valence-electron chi connectivity index (χ1n) is 8.55. The first-order valence-corrected chi connectivity index (χ1v) is 8.55. The van der Waals surface area contributed by atoms with Crippen LogP contribution in [0, 0.1) is 5.82 Å². The number of β-amino-alcohol motifs (C(OH)–C–C–N with tert-alkyl or cyclic N) is 1. The highest BCUT2D eigenvalue weighted by atomic mass is 19.1. The molecule has 130 valence electrons. The molecule has 1 fully saturated rings. The average molecular weight is 350 g/mol. The van der Waals surface area contributed by atoms with Crippen molar-refractivity contribution in [1.29, 1.82) is 0 Å². The van der Waals surface area contributed by atoms with Gasteiger partial charge in [-0.15, -0.1) is 0 Å². The molecule has 1 saturated heterocycles. The van der Waals surface area contributed by atoms with Gasteiger partial charge >= 0.3 is 0 Å². The van der Waals surface area contributed by atoms with Gasteiger partial charge in [-0.1, -0.05) is 0 Å². The van der Waals surface area contributed by atoms with Crippen LogP contribution in [-0.2, 0) is 0 Å². The number of nitrogens with zero attached hydrogens (tertiary/aromatic N) is 5. The van der Waals surface area contributed by atoms with Gasteiger partial charge in [0.25, 0.3) is 0 Å². The van der Waals surface area contributed by atoms with Crippen molar-refractivity contribution in [2.75, 3.05) is 25.0 Å². The fourth-order valence-corrected chi connectivity index (χ4v) is 3.55. The van der Waals surface area contributed by atoms with Crippen LogP contribution in [0.5, 0.6) is 0 Å². The molecule has 4 heterocycles. The number of aliphatic hydroxyl groups is 1. The molecule has 1 aromatic carbocycles. The molecule has 0 bridgehead atoms. The Labute approximate surface area is 149 Å². The Morgan fingerprint density at radius 3 is 2.81 bits per heavy atom. The van der Waals surface area contributed by atoms with E-state index >= 15 is 0 Å². The number of aliphatic hydroxyl groups excluding tert-OH is 1. The fourth-order valence-electron chi connectivity index (χ4n) is 3.55. The van der Waals surface area contributed by atoms with E-state index in [1.165, 1.54) is 12.4 Å². The topological polar surface area (TPSA) is 64.6 Å². The molecule has 0 spiro atoms.